The Labute approximate surface area is 273 Å². The Morgan fingerprint density at radius 2 is 1.00 bits per heavy atom. The van der Waals surface area contributed by atoms with Crippen LogP contribution >= 0.6 is 11.3 Å². The van der Waals surface area contributed by atoms with Gasteiger partial charge in [-0.2, -0.15) is 0 Å². The lowest BCUT2D eigenvalue weighted by Crippen LogP contribution is -2.00. The van der Waals surface area contributed by atoms with Gasteiger partial charge in [0.25, 0.3) is 0 Å². The number of pyridine rings is 1. The van der Waals surface area contributed by atoms with E-state index in [1.165, 1.54) is 0 Å². The van der Waals surface area contributed by atoms with Gasteiger partial charge in [-0.05, 0) is 34.5 Å². The number of aromatic nitrogens is 7. The molecule has 7 nitrogen and oxygen atoms in total. The van der Waals surface area contributed by atoms with Crippen LogP contribution in [0.15, 0.2) is 140 Å². The van der Waals surface area contributed by atoms with Gasteiger partial charge in [-0.25, -0.2) is 19.9 Å². The molecule has 0 saturated carbocycles. The van der Waals surface area contributed by atoms with Gasteiger partial charge in [0, 0.05) is 33.0 Å². The van der Waals surface area contributed by atoms with Crippen LogP contribution in [0.5, 0.6) is 0 Å². The van der Waals surface area contributed by atoms with Gasteiger partial charge in [-0.15, -0.1) is 21.5 Å². The van der Waals surface area contributed by atoms with Crippen LogP contribution in [0.25, 0.3) is 87.9 Å². The van der Waals surface area contributed by atoms with Crippen molar-refractivity contribution >= 4 is 42.7 Å². The molecule has 0 amide bonds. The van der Waals surface area contributed by atoms with E-state index in [9.17, 15) is 0 Å². The van der Waals surface area contributed by atoms with Crippen LogP contribution in [-0.4, -0.2) is 35.3 Å². The normalized spacial score (nSPS) is 11.4. The predicted octanol–water partition coefficient (Wildman–Crippen LogP) is 9.31. The molecule has 5 aromatic carbocycles. The van der Waals surface area contributed by atoms with Crippen LogP contribution in [0.3, 0.4) is 0 Å². The highest BCUT2D eigenvalue weighted by Crippen LogP contribution is 2.38. The van der Waals surface area contributed by atoms with Crippen molar-refractivity contribution in [3.8, 4) is 56.5 Å². The van der Waals surface area contributed by atoms with Crippen molar-refractivity contribution in [3.63, 3.8) is 0 Å². The standard InChI is InChI=1S/C39H23N7S/c1-3-10-24(11-4-1)25-18-20-27(21-19-25)37-41-36(26-12-5-2-6-13-26)42-38(43-37)30-16-9-15-29(22-30)33-35-34(45-46-44-33)31-23-28-14-7-8-17-32(28)40-39(31)47-35/h1-23H. The molecule has 0 aliphatic carbocycles. The summed E-state index contributed by atoms with van der Waals surface area (Å²) in [5.41, 5.74) is 8.36. The van der Waals surface area contributed by atoms with Gasteiger partial charge in [0.2, 0.25) is 0 Å². The molecule has 0 bridgehead atoms. The molecule has 0 spiro atoms. The maximum absolute atomic E-state index is 4.99. The van der Waals surface area contributed by atoms with E-state index < -0.39 is 0 Å². The molecule has 0 radical (unpaired) electrons. The first-order chi connectivity index (χ1) is 23.3. The molecule has 9 aromatic rings. The van der Waals surface area contributed by atoms with Crippen molar-refractivity contribution in [2.45, 2.75) is 0 Å². The molecular weight excluding hydrogens is 599 g/mol. The van der Waals surface area contributed by atoms with Crippen molar-refractivity contribution in [3.05, 3.63) is 140 Å². The van der Waals surface area contributed by atoms with E-state index in [0.29, 0.717) is 17.5 Å². The number of benzene rings is 5. The third kappa shape index (κ3) is 4.97. The number of fused-ring (bicyclic) bond motifs is 4. The molecule has 0 fully saturated rings. The fourth-order valence-electron chi connectivity index (χ4n) is 5.82. The number of rotatable bonds is 5. The summed E-state index contributed by atoms with van der Waals surface area (Å²) in [6, 6.07) is 47.0. The Kier molecular flexibility index (Phi) is 6.50. The van der Waals surface area contributed by atoms with Crippen molar-refractivity contribution in [1.29, 1.82) is 0 Å². The van der Waals surface area contributed by atoms with E-state index >= 15 is 0 Å². The molecule has 0 saturated heterocycles. The first kappa shape index (κ1) is 27.1. The highest BCUT2D eigenvalue weighted by atomic mass is 32.1. The molecule has 0 atom stereocenters. The van der Waals surface area contributed by atoms with E-state index in [1.807, 2.05) is 84.9 Å². The lowest BCUT2D eigenvalue weighted by molar-refractivity contribution is 0.904. The zero-order valence-electron chi connectivity index (χ0n) is 24.8. The van der Waals surface area contributed by atoms with Crippen molar-refractivity contribution in [2.75, 3.05) is 0 Å². The van der Waals surface area contributed by atoms with Crippen LogP contribution in [0.2, 0.25) is 0 Å². The van der Waals surface area contributed by atoms with E-state index in [1.54, 1.807) is 11.3 Å². The molecule has 4 heterocycles. The zero-order valence-corrected chi connectivity index (χ0v) is 25.6. The van der Waals surface area contributed by atoms with Crippen LogP contribution < -0.4 is 0 Å². The van der Waals surface area contributed by atoms with Crippen molar-refractivity contribution in [1.82, 2.24) is 35.3 Å². The average Bonchev–Trinajstić information content (AvgIpc) is 3.52. The molecule has 0 unspecified atom stereocenters. The maximum Gasteiger partial charge on any atom is 0.164 e. The number of hydrogen-bond acceptors (Lipinski definition) is 8. The smallest absolute Gasteiger partial charge is 0.164 e. The summed E-state index contributed by atoms with van der Waals surface area (Å²) in [4.78, 5) is 20.7. The summed E-state index contributed by atoms with van der Waals surface area (Å²) in [6.45, 7) is 0. The van der Waals surface area contributed by atoms with E-state index in [2.05, 4.69) is 70.0 Å². The Bertz CT molecular complexity index is 2570. The highest BCUT2D eigenvalue weighted by Gasteiger charge is 2.18. The minimum atomic E-state index is 0.574. The molecule has 4 aromatic heterocycles. The Morgan fingerprint density at radius 3 is 1.77 bits per heavy atom. The molecule has 8 heteroatoms. The lowest BCUT2D eigenvalue weighted by Gasteiger charge is -2.10. The first-order valence-electron chi connectivity index (χ1n) is 15.2. The summed E-state index contributed by atoms with van der Waals surface area (Å²) < 4.78 is 0.940. The highest BCUT2D eigenvalue weighted by molar-refractivity contribution is 7.25. The van der Waals surface area contributed by atoms with Gasteiger partial charge in [-0.1, -0.05) is 121 Å². The van der Waals surface area contributed by atoms with Gasteiger partial charge in [0.15, 0.2) is 17.5 Å². The number of para-hydroxylation sites is 1. The third-order valence-corrected chi connectivity index (χ3v) is 9.27. The lowest BCUT2D eigenvalue weighted by atomic mass is 10.0. The summed E-state index contributed by atoms with van der Waals surface area (Å²) in [7, 11) is 0. The molecule has 47 heavy (non-hydrogen) atoms. The number of thiophene rings is 1. The average molecular weight is 622 g/mol. The molecule has 0 N–H and O–H groups in total. The summed E-state index contributed by atoms with van der Waals surface area (Å²) in [5, 5.41) is 15.2. The molecule has 0 aliphatic heterocycles. The second kappa shape index (κ2) is 11.3. The van der Waals surface area contributed by atoms with E-state index in [-0.39, 0.29) is 0 Å². The largest absolute Gasteiger partial charge is 0.237 e. The monoisotopic (exact) mass is 621 g/mol. The number of nitrogens with zero attached hydrogens (tertiary/aromatic N) is 7. The maximum atomic E-state index is 4.99. The van der Waals surface area contributed by atoms with Gasteiger partial charge >= 0.3 is 0 Å². The first-order valence-corrected chi connectivity index (χ1v) is 16.0. The Hall–Kier alpha value is -6.25. The van der Waals surface area contributed by atoms with Crippen molar-refractivity contribution < 1.29 is 0 Å². The van der Waals surface area contributed by atoms with E-state index in [4.69, 9.17) is 19.9 Å². The predicted molar refractivity (Wildman–Crippen MR) is 189 cm³/mol. The topological polar surface area (TPSA) is 90.2 Å². The van der Waals surface area contributed by atoms with Crippen LogP contribution in [0, 0.1) is 0 Å². The van der Waals surface area contributed by atoms with Crippen LogP contribution in [0.4, 0.5) is 0 Å². The second-order valence-corrected chi connectivity index (χ2v) is 12.1. The Balaban J connectivity index is 1.16. The van der Waals surface area contributed by atoms with E-state index in [0.717, 1.165) is 70.4 Å². The zero-order chi connectivity index (χ0) is 31.2. The fourth-order valence-corrected chi connectivity index (χ4v) is 6.92. The summed E-state index contributed by atoms with van der Waals surface area (Å²) in [6.07, 6.45) is 0. The second-order valence-electron chi connectivity index (χ2n) is 11.1. The minimum Gasteiger partial charge on any atom is -0.237 e. The summed E-state index contributed by atoms with van der Waals surface area (Å²) >= 11 is 1.58. The van der Waals surface area contributed by atoms with Crippen LogP contribution in [-0.2, 0) is 0 Å². The van der Waals surface area contributed by atoms with Gasteiger partial charge in [0.05, 0.1) is 10.2 Å². The molecule has 9 rings (SSSR count). The molecular formula is C39H23N7S. The van der Waals surface area contributed by atoms with Crippen molar-refractivity contribution in [2.24, 2.45) is 0 Å². The third-order valence-electron chi connectivity index (χ3n) is 8.17. The molecule has 0 aliphatic rings. The number of hydrogen-bond donors (Lipinski definition) is 0. The molecule has 220 valence electrons. The summed E-state index contributed by atoms with van der Waals surface area (Å²) in [5.74, 6) is 1.79. The Morgan fingerprint density at radius 1 is 0.426 bits per heavy atom. The van der Waals surface area contributed by atoms with Crippen LogP contribution in [0.1, 0.15) is 0 Å². The quantitative estimate of drug-likeness (QED) is 0.189. The van der Waals surface area contributed by atoms with Gasteiger partial charge < -0.3 is 0 Å². The van der Waals surface area contributed by atoms with Gasteiger partial charge in [-0.3, -0.25) is 0 Å². The SMILES string of the molecule is c1ccc(-c2ccc(-c3nc(-c4ccccc4)nc(-c4cccc(-c5nnnc6c5sc5nc7ccccc7cc56)c4)n3)cc2)cc1. The van der Waals surface area contributed by atoms with Gasteiger partial charge in [0.1, 0.15) is 16.0 Å². The minimum absolute atomic E-state index is 0.574. The fraction of sp³-hybridized carbons (Fsp3) is 0.